The van der Waals surface area contributed by atoms with Gasteiger partial charge < -0.3 is 23.8 Å². The zero-order chi connectivity index (χ0) is 20.0. The molecule has 1 fully saturated rings. The molecule has 4 atom stereocenters. The third kappa shape index (κ3) is 6.01. The molecule has 0 spiro atoms. The standard InChI is InChI=1S/C16H23NO9/c1-8(18)17-6-14(24-10(3)20)16(26-12(5)22)15(25-11(4)21)13(17)7-23-9(2)19/h13-16H,6-7H2,1-5H3/t13-,14+,15+,16+/m1/s1. The summed E-state index contributed by atoms with van der Waals surface area (Å²) in [5.74, 6) is -3.06. The number of ether oxygens (including phenoxy) is 4. The number of hydrogen-bond donors (Lipinski definition) is 0. The van der Waals surface area contributed by atoms with E-state index in [1.165, 1.54) is 18.7 Å². The van der Waals surface area contributed by atoms with Crippen molar-refractivity contribution in [1.29, 1.82) is 0 Å². The topological polar surface area (TPSA) is 126 Å². The van der Waals surface area contributed by atoms with E-state index in [1.807, 2.05) is 0 Å². The van der Waals surface area contributed by atoms with E-state index in [0.29, 0.717) is 0 Å². The third-order valence-corrected chi connectivity index (χ3v) is 3.63. The Labute approximate surface area is 150 Å². The molecule has 0 saturated carbocycles. The molecule has 1 aliphatic rings. The fraction of sp³-hybridized carbons (Fsp3) is 0.688. The average Bonchev–Trinajstić information content (AvgIpc) is 2.47. The molecule has 26 heavy (non-hydrogen) atoms. The van der Waals surface area contributed by atoms with E-state index in [9.17, 15) is 24.0 Å². The molecule has 0 aromatic carbocycles. The van der Waals surface area contributed by atoms with Gasteiger partial charge in [-0.2, -0.15) is 0 Å². The van der Waals surface area contributed by atoms with Gasteiger partial charge in [0.2, 0.25) is 5.91 Å². The minimum absolute atomic E-state index is 0.115. The molecule has 0 aromatic rings. The molecular formula is C16H23NO9. The molecule has 10 nitrogen and oxygen atoms in total. The zero-order valence-electron chi connectivity index (χ0n) is 15.3. The number of rotatable bonds is 5. The smallest absolute Gasteiger partial charge is 0.303 e. The van der Waals surface area contributed by atoms with Gasteiger partial charge in [0.25, 0.3) is 0 Å². The zero-order valence-corrected chi connectivity index (χ0v) is 15.3. The fourth-order valence-electron chi connectivity index (χ4n) is 2.78. The van der Waals surface area contributed by atoms with Crippen molar-refractivity contribution in [1.82, 2.24) is 4.90 Å². The van der Waals surface area contributed by atoms with Crippen molar-refractivity contribution < 1.29 is 42.9 Å². The summed E-state index contributed by atoms with van der Waals surface area (Å²) >= 11 is 0. The van der Waals surface area contributed by atoms with E-state index in [4.69, 9.17) is 18.9 Å². The van der Waals surface area contributed by atoms with Crippen LogP contribution in [0.4, 0.5) is 0 Å². The molecule has 0 aliphatic carbocycles. The summed E-state index contributed by atoms with van der Waals surface area (Å²) in [5.41, 5.74) is 0. The summed E-state index contributed by atoms with van der Waals surface area (Å²) in [4.78, 5) is 58.9. The molecule has 10 heteroatoms. The van der Waals surface area contributed by atoms with E-state index in [-0.39, 0.29) is 13.2 Å². The molecule has 0 bridgehead atoms. The maximum atomic E-state index is 12.0. The molecule has 1 rings (SSSR count). The Kier molecular flexibility index (Phi) is 7.54. The SMILES string of the molecule is CC(=O)OC[C@@H]1[C@H](OC(C)=O)[C@@H](OC(C)=O)[C@@H](OC(C)=O)CN1C(C)=O. The number of amides is 1. The Morgan fingerprint density at radius 3 is 1.69 bits per heavy atom. The first-order valence-corrected chi connectivity index (χ1v) is 7.95. The van der Waals surface area contributed by atoms with Gasteiger partial charge in [0.05, 0.1) is 6.54 Å². The van der Waals surface area contributed by atoms with Crippen molar-refractivity contribution in [2.75, 3.05) is 13.2 Å². The van der Waals surface area contributed by atoms with Crippen molar-refractivity contribution in [3.8, 4) is 0 Å². The summed E-state index contributed by atoms with van der Waals surface area (Å²) in [6, 6.07) is -0.906. The van der Waals surface area contributed by atoms with Gasteiger partial charge in [0.15, 0.2) is 18.3 Å². The number of carbonyl (C=O) groups excluding carboxylic acids is 5. The van der Waals surface area contributed by atoms with E-state index in [2.05, 4.69) is 0 Å². The van der Waals surface area contributed by atoms with Crippen LogP contribution in [0, 0.1) is 0 Å². The van der Waals surface area contributed by atoms with Crippen LogP contribution >= 0.6 is 0 Å². The van der Waals surface area contributed by atoms with Crippen LogP contribution in [0.5, 0.6) is 0 Å². The molecule has 1 aliphatic heterocycles. The predicted octanol–water partition coefficient (Wildman–Crippen LogP) is -0.425. The van der Waals surface area contributed by atoms with Crippen LogP contribution in [0.1, 0.15) is 34.6 Å². The summed E-state index contributed by atoms with van der Waals surface area (Å²) in [5, 5.41) is 0. The maximum absolute atomic E-state index is 12.0. The van der Waals surface area contributed by atoms with E-state index in [0.717, 1.165) is 20.8 Å². The van der Waals surface area contributed by atoms with Crippen LogP contribution in [0.2, 0.25) is 0 Å². The summed E-state index contributed by atoms with van der Waals surface area (Å²) in [6.07, 6.45) is -3.38. The molecule has 0 radical (unpaired) electrons. The largest absolute Gasteiger partial charge is 0.464 e. The number of piperidine rings is 1. The number of nitrogens with zero attached hydrogens (tertiary/aromatic N) is 1. The van der Waals surface area contributed by atoms with Gasteiger partial charge in [-0.15, -0.1) is 0 Å². The highest BCUT2D eigenvalue weighted by Gasteiger charge is 2.50. The summed E-state index contributed by atoms with van der Waals surface area (Å²) < 4.78 is 20.6. The lowest BCUT2D eigenvalue weighted by atomic mass is 9.93. The number of hydrogen-bond acceptors (Lipinski definition) is 9. The normalized spacial score (nSPS) is 25.0. The number of esters is 4. The lowest BCUT2D eigenvalue weighted by Crippen LogP contribution is -2.66. The van der Waals surface area contributed by atoms with Crippen LogP contribution < -0.4 is 0 Å². The molecule has 0 aromatic heterocycles. The Hall–Kier alpha value is -2.65. The highest BCUT2D eigenvalue weighted by Crippen LogP contribution is 2.27. The summed E-state index contributed by atoms with van der Waals surface area (Å²) in [7, 11) is 0. The highest BCUT2D eigenvalue weighted by atomic mass is 16.6. The van der Waals surface area contributed by atoms with Crippen LogP contribution in [0.25, 0.3) is 0 Å². The minimum atomic E-state index is -1.18. The molecule has 0 N–H and O–H groups in total. The van der Waals surface area contributed by atoms with Crippen molar-refractivity contribution >= 4 is 29.8 Å². The van der Waals surface area contributed by atoms with Crippen molar-refractivity contribution in [2.24, 2.45) is 0 Å². The Balaban J connectivity index is 3.29. The first kappa shape index (κ1) is 21.4. The van der Waals surface area contributed by atoms with Gasteiger partial charge in [-0.3, -0.25) is 24.0 Å². The molecule has 0 unspecified atom stereocenters. The molecule has 1 saturated heterocycles. The molecular weight excluding hydrogens is 350 g/mol. The van der Waals surface area contributed by atoms with Crippen LogP contribution in [-0.2, 0) is 42.9 Å². The van der Waals surface area contributed by atoms with E-state index in [1.54, 1.807) is 0 Å². The summed E-state index contributed by atoms with van der Waals surface area (Å²) in [6.45, 7) is 5.51. The maximum Gasteiger partial charge on any atom is 0.303 e. The number of likely N-dealkylation sites (tertiary alicyclic amines) is 1. The lowest BCUT2D eigenvalue weighted by Gasteiger charge is -2.46. The van der Waals surface area contributed by atoms with Gasteiger partial charge in [0, 0.05) is 34.6 Å². The van der Waals surface area contributed by atoms with E-state index >= 15 is 0 Å². The Bertz CT molecular complexity index is 586. The lowest BCUT2D eigenvalue weighted by molar-refractivity contribution is -0.208. The first-order valence-electron chi connectivity index (χ1n) is 7.95. The van der Waals surface area contributed by atoms with Crippen LogP contribution in [0.15, 0.2) is 0 Å². The minimum Gasteiger partial charge on any atom is -0.464 e. The monoisotopic (exact) mass is 373 g/mol. The molecule has 146 valence electrons. The second kappa shape index (κ2) is 9.16. The average molecular weight is 373 g/mol. The van der Waals surface area contributed by atoms with Gasteiger partial charge in [-0.25, -0.2) is 0 Å². The fourth-order valence-corrected chi connectivity index (χ4v) is 2.78. The van der Waals surface area contributed by atoms with Crippen LogP contribution in [0.3, 0.4) is 0 Å². The van der Waals surface area contributed by atoms with Crippen molar-refractivity contribution in [2.45, 2.75) is 59.0 Å². The van der Waals surface area contributed by atoms with E-state index < -0.39 is 54.1 Å². The van der Waals surface area contributed by atoms with Crippen molar-refractivity contribution in [3.63, 3.8) is 0 Å². The van der Waals surface area contributed by atoms with Gasteiger partial charge in [-0.05, 0) is 0 Å². The Morgan fingerprint density at radius 1 is 0.769 bits per heavy atom. The second-order valence-corrected chi connectivity index (χ2v) is 5.84. The van der Waals surface area contributed by atoms with Gasteiger partial charge in [-0.1, -0.05) is 0 Å². The van der Waals surface area contributed by atoms with Crippen molar-refractivity contribution in [3.05, 3.63) is 0 Å². The predicted molar refractivity (Wildman–Crippen MR) is 84.5 cm³/mol. The molecule has 1 heterocycles. The van der Waals surface area contributed by atoms with Crippen LogP contribution in [-0.4, -0.2) is 72.2 Å². The first-order chi connectivity index (χ1) is 12.0. The molecule has 1 amide bonds. The quantitative estimate of drug-likeness (QED) is 0.466. The van der Waals surface area contributed by atoms with Gasteiger partial charge >= 0.3 is 23.9 Å². The van der Waals surface area contributed by atoms with Gasteiger partial charge in [0.1, 0.15) is 12.6 Å². The third-order valence-electron chi connectivity index (χ3n) is 3.63. The highest BCUT2D eigenvalue weighted by molar-refractivity contribution is 5.75. The number of carbonyl (C=O) groups is 5. The Morgan fingerprint density at radius 2 is 1.27 bits per heavy atom. The second-order valence-electron chi connectivity index (χ2n) is 5.84.